The summed E-state index contributed by atoms with van der Waals surface area (Å²) in [5, 5.41) is 0.430. The number of imidazole rings is 1. The summed E-state index contributed by atoms with van der Waals surface area (Å²) in [4.78, 5) is 18.7. The molecule has 0 radical (unpaired) electrons. The molecule has 0 fully saturated rings. The van der Waals surface area contributed by atoms with Crippen LogP contribution in [-0.4, -0.2) is 40.1 Å². The molecule has 1 aromatic carbocycles. The monoisotopic (exact) mass is 343 g/mol. The molecule has 2 aromatic rings. The lowest BCUT2D eigenvalue weighted by Crippen LogP contribution is -2.25. The van der Waals surface area contributed by atoms with E-state index >= 15 is 0 Å². The number of carbonyl (C=O) groups excluding carboxylic acids is 1. The molecule has 6 heteroatoms. The van der Waals surface area contributed by atoms with Gasteiger partial charge in [-0.15, -0.1) is 0 Å². The molecule has 0 N–H and O–H groups in total. The lowest BCUT2D eigenvalue weighted by atomic mass is 10.1. The Morgan fingerprint density at radius 3 is 2.83 bits per heavy atom. The van der Waals surface area contributed by atoms with Gasteiger partial charge in [0.15, 0.2) is 0 Å². The SMILES string of the molecule is COC(C)(C)C#Cc1ncn2c1CN(C)C(=O)c1c(Cl)cccc1-2. The molecule has 0 unspecified atom stereocenters. The van der Waals surface area contributed by atoms with E-state index in [0.717, 1.165) is 11.4 Å². The number of aromatic nitrogens is 2. The minimum absolute atomic E-state index is 0.115. The number of carbonyl (C=O) groups is 1. The number of fused-ring (bicyclic) bond motifs is 3. The van der Waals surface area contributed by atoms with Crippen LogP contribution in [0, 0.1) is 11.8 Å². The Balaban J connectivity index is 2.18. The van der Waals surface area contributed by atoms with Gasteiger partial charge in [-0.1, -0.05) is 23.6 Å². The van der Waals surface area contributed by atoms with Gasteiger partial charge in [-0.05, 0) is 31.9 Å². The van der Waals surface area contributed by atoms with Crippen molar-refractivity contribution in [3.05, 3.63) is 46.5 Å². The summed E-state index contributed by atoms with van der Waals surface area (Å²) in [5.41, 5.74) is 2.12. The number of nitrogens with zero attached hydrogens (tertiary/aromatic N) is 3. The van der Waals surface area contributed by atoms with Crippen LogP contribution in [0.1, 0.15) is 35.6 Å². The van der Waals surface area contributed by atoms with Gasteiger partial charge in [0.1, 0.15) is 17.6 Å². The van der Waals surface area contributed by atoms with Crippen LogP contribution in [0.5, 0.6) is 0 Å². The van der Waals surface area contributed by atoms with E-state index in [2.05, 4.69) is 16.8 Å². The second kappa shape index (κ2) is 5.97. The molecule has 2 heterocycles. The average Bonchev–Trinajstić information content (AvgIpc) is 2.90. The van der Waals surface area contributed by atoms with Crippen molar-refractivity contribution >= 4 is 17.5 Å². The number of hydrogen-bond acceptors (Lipinski definition) is 3. The van der Waals surface area contributed by atoms with Gasteiger partial charge in [-0.2, -0.15) is 0 Å². The molecule has 1 amide bonds. The molecule has 124 valence electrons. The molecule has 0 spiro atoms. The van der Waals surface area contributed by atoms with Gasteiger partial charge in [-0.25, -0.2) is 4.98 Å². The fraction of sp³-hybridized carbons (Fsp3) is 0.333. The molecule has 0 atom stereocenters. The maximum Gasteiger partial charge on any atom is 0.257 e. The van der Waals surface area contributed by atoms with Crippen LogP contribution in [0.15, 0.2) is 24.5 Å². The van der Waals surface area contributed by atoms with Crippen LogP contribution >= 0.6 is 11.6 Å². The van der Waals surface area contributed by atoms with Gasteiger partial charge < -0.3 is 9.64 Å². The molecular weight excluding hydrogens is 326 g/mol. The number of halogens is 1. The minimum Gasteiger partial charge on any atom is -0.366 e. The molecule has 0 saturated carbocycles. The predicted molar refractivity (Wildman–Crippen MR) is 92.3 cm³/mol. The molecule has 3 rings (SSSR count). The van der Waals surface area contributed by atoms with E-state index in [1.807, 2.05) is 30.5 Å². The topological polar surface area (TPSA) is 47.4 Å². The van der Waals surface area contributed by atoms with Crippen molar-refractivity contribution in [2.45, 2.75) is 26.0 Å². The van der Waals surface area contributed by atoms with E-state index in [1.54, 1.807) is 31.5 Å². The van der Waals surface area contributed by atoms with Gasteiger partial charge >= 0.3 is 0 Å². The number of benzene rings is 1. The average molecular weight is 344 g/mol. The van der Waals surface area contributed by atoms with Crippen LogP contribution in [0.2, 0.25) is 5.02 Å². The highest BCUT2D eigenvalue weighted by Gasteiger charge is 2.27. The van der Waals surface area contributed by atoms with Crippen molar-refractivity contribution in [2.75, 3.05) is 14.2 Å². The Hall–Kier alpha value is -2.29. The largest absolute Gasteiger partial charge is 0.366 e. The highest BCUT2D eigenvalue weighted by atomic mass is 35.5. The molecule has 1 aliphatic rings. The third kappa shape index (κ3) is 2.79. The maximum atomic E-state index is 12.7. The van der Waals surface area contributed by atoms with Crippen LogP contribution in [0.25, 0.3) is 5.69 Å². The summed E-state index contributed by atoms with van der Waals surface area (Å²) >= 11 is 6.26. The quantitative estimate of drug-likeness (QED) is 0.748. The Labute approximate surface area is 146 Å². The molecule has 1 aliphatic heterocycles. The van der Waals surface area contributed by atoms with E-state index in [-0.39, 0.29) is 5.91 Å². The third-order valence-corrected chi connectivity index (χ3v) is 4.37. The van der Waals surface area contributed by atoms with Gasteiger partial charge in [0, 0.05) is 14.2 Å². The zero-order valence-electron chi connectivity index (χ0n) is 14.1. The standard InChI is InChI=1S/C18H18ClN3O2/c1-18(2,24-4)9-8-13-15-10-21(3)17(23)16-12(19)6-5-7-14(16)22(15)11-20-13/h5-7,11H,10H2,1-4H3. The first-order valence-electron chi connectivity index (χ1n) is 7.53. The van der Waals surface area contributed by atoms with Crippen LogP contribution < -0.4 is 0 Å². The van der Waals surface area contributed by atoms with Crippen molar-refractivity contribution in [3.63, 3.8) is 0 Å². The molecule has 24 heavy (non-hydrogen) atoms. The van der Waals surface area contributed by atoms with Gasteiger partial charge in [0.25, 0.3) is 5.91 Å². The minimum atomic E-state index is -0.565. The first kappa shape index (κ1) is 16.6. The Morgan fingerprint density at radius 1 is 1.38 bits per heavy atom. The smallest absolute Gasteiger partial charge is 0.257 e. The van der Waals surface area contributed by atoms with Gasteiger partial charge in [0.05, 0.1) is 28.5 Å². The first-order valence-corrected chi connectivity index (χ1v) is 7.91. The number of rotatable bonds is 1. The van der Waals surface area contributed by atoms with Crippen molar-refractivity contribution in [2.24, 2.45) is 0 Å². The lowest BCUT2D eigenvalue weighted by molar-refractivity contribution is 0.0741. The van der Waals surface area contributed by atoms with Crippen LogP contribution in [0.3, 0.4) is 0 Å². The highest BCUT2D eigenvalue weighted by molar-refractivity contribution is 6.34. The van der Waals surface area contributed by atoms with Crippen molar-refractivity contribution in [1.29, 1.82) is 0 Å². The Kier molecular flexibility index (Phi) is 4.12. The second-order valence-corrected chi connectivity index (χ2v) is 6.58. The summed E-state index contributed by atoms with van der Waals surface area (Å²) in [6, 6.07) is 5.40. The number of hydrogen-bond donors (Lipinski definition) is 0. The van der Waals surface area contributed by atoms with E-state index < -0.39 is 5.60 Å². The zero-order valence-corrected chi connectivity index (χ0v) is 14.8. The van der Waals surface area contributed by atoms with E-state index in [9.17, 15) is 4.79 Å². The fourth-order valence-corrected chi connectivity index (χ4v) is 2.76. The Morgan fingerprint density at radius 2 is 2.12 bits per heavy atom. The lowest BCUT2D eigenvalue weighted by Gasteiger charge is -2.15. The molecular formula is C18H18ClN3O2. The molecule has 0 saturated heterocycles. The summed E-state index contributed by atoms with van der Waals surface area (Å²) in [7, 11) is 3.36. The van der Waals surface area contributed by atoms with Gasteiger partial charge in [0.2, 0.25) is 0 Å². The van der Waals surface area contributed by atoms with E-state index in [4.69, 9.17) is 16.3 Å². The predicted octanol–water partition coefficient (Wildman–Crippen LogP) is 2.89. The molecule has 1 aromatic heterocycles. The number of amides is 1. The summed E-state index contributed by atoms with van der Waals surface area (Å²) < 4.78 is 7.21. The van der Waals surface area contributed by atoms with Crippen molar-refractivity contribution < 1.29 is 9.53 Å². The fourth-order valence-electron chi connectivity index (χ4n) is 2.51. The molecule has 5 nitrogen and oxygen atoms in total. The highest BCUT2D eigenvalue weighted by Crippen LogP contribution is 2.30. The first-order chi connectivity index (χ1) is 11.3. The summed E-state index contributed by atoms with van der Waals surface area (Å²) in [6.07, 6.45) is 1.68. The molecule has 0 aliphatic carbocycles. The summed E-state index contributed by atoms with van der Waals surface area (Å²) in [6.45, 7) is 4.18. The van der Waals surface area contributed by atoms with E-state index in [1.165, 1.54) is 0 Å². The normalized spacial score (nSPS) is 13.7. The van der Waals surface area contributed by atoms with E-state index in [0.29, 0.717) is 22.8 Å². The Bertz CT molecular complexity index is 874. The third-order valence-electron chi connectivity index (χ3n) is 4.06. The molecule has 0 bridgehead atoms. The van der Waals surface area contributed by atoms with Crippen LogP contribution in [0.4, 0.5) is 0 Å². The van der Waals surface area contributed by atoms with Crippen LogP contribution in [-0.2, 0) is 11.3 Å². The maximum absolute atomic E-state index is 12.7. The van der Waals surface area contributed by atoms with Gasteiger partial charge in [-0.3, -0.25) is 9.36 Å². The van der Waals surface area contributed by atoms with Crippen molar-refractivity contribution in [1.82, 2.24) is 14.5 Å². The zero-order chi connectivity index (χ0) is 17.5. The second-order valence-electron chi connectivity index (χ2n) is 6.17. The van der Waals surface area contributed by atoms with Crippen molar-refractivity contribution in [3.8, 4) is 17.5 Å². The number of ether oxygens (including phenoxy) is 1. The number of methoxy groups -OCH3 is 1. The summed E-state index contributed by atoms with van der Waals surface area (Å²) in [5.74, 6) is 6.02.